The molecule has 0 saturated carbocycles. The van der Waals surface area contributed by atoms with Crippen molar-refractivity contribution in [3.8, 4) is 0 Å². The third-order valence-corrected chi connectivity index (χ3v) is 3.69. The van der Waals surface area contributed by atoms with E-state index < -0.39 is 12.2 Å². The van der Waals surface area contributed by atoms with Crippen molar-refractivity contribution in [2.24, 2.45) is 11.5 Å². The number of rotatable bonds is 7. The quantitative estimate of drug-likeness (QED) is 0.184. The van der Waals surface area contributed by atoms with E-state index in [-0.39, 0.29) is 121 Å². The number of nitrogens with one attached hydrogen (secondary N) is 2. The van der Waals surface area contributed by atoms with Crippen LogP contribution in [-0.2, 0) is 40.2 Å². The van der Waals surface area contributed by atoms with Crippen LogP contribution in [0.25, 0.3) is 0 Å². The molecule has 0 radical (unpaired) electrons. The Bertz CT molecular complexity index is 572. The first-order valence-electron chi connectivity index (χ1n) is 9.10. The maximum atomic E-state index is 11.0. The predicted molar refractivity (Wildman–Crippen MR) is 96.8 cm³/mol. The fourth-order valence-corrected chi connectivity index (χ4v) is 2.28. The molecule has 6 amide bonds. The molecule has 2 heterocycles. The number of imide groups is 2. The second kappa shape index (κ2) is 21.8. The maximum absolute atomic E-state index is 11.0. The molecule has 6 N–H and O–H groups in total. The molecule has 0 aromatic heterocycles. The number of likely N-dealkylation sites (tertiary alicyclic amines) is 2. The molecule has 2 fully saturated rings. The second-order valence-electron chi connectivity index (χ2n) is 5.88. The van der Waals surface area contributed by atoms with Gasteiger partial charge in [-0.25, -0.2) is 0 Å². The van der Waals surface area contributed by atoms with Gasteiger partial charge in [0.1, 0.15) is 12.2 Å². The van der Waals surface area contributed by atoms with Gasteiger partial charge in [-0.3, -0.25) is 29.0 Å². The molecular weight excluding hydrogens is 670 g/mol. The Morgan fingerprint density at radius 1 is 0.697 bits per heavy atom. The van der Waals surface area contributed by atoms with E-state index in [4.69, 9.17) is 11.5 Å². The Labute approximate surface area is 217 Å². The van der Waals surface area contributed by atoms with Crippen molar-refractivity contribution in [2.45, 2.75) is 25.7 Å². The topological polar surface area (TPSA) is 231 Å². The number of amides is 6. The number of nitrogens with zero attached hydrogens (tertiary/aromatic N) is 2. The van der Waals surface area contributed by atoms with Crippen molar-refractivity contribution in [3.05, 3.63) is 0 Å². The zero-order valence-corrected chi connectivity index (χ0v) is 21.2. The number of hydrogen-bond donors (Lipinski definition) is 4. The fourth-order valence-electron chi connectivity index (χ4n) is 2.28. The van der Waals surface area contributed by atoms with E-state index in [0.717, 1.165) is 9.80 Å². The summed E-state index contributed by atoms with van der Waals surface area (Å²) in [6.45, 7) is 1.43. The van der Waals surface area contributed by atoms with Crippen molar-refractivity contribution < 1.29 is 84.9 Å². The van der Waals surface area contributed by atoms with Crippen LogP contribution in [-0.4, -0.2) is 84.9 Å². The van der Waals surface area contributed by atoms with Gasteiger partial charge in [-0.15, -0.1) is 0 Å². The molecule has 2 rings (SSSR count). The largest absolute Gasteiger partial charge is 4.00 e. The molecular formula is C16H26Cl2N6O8Pt. The summed E-state index contributed by atoms with van der Waals surface area (Å²) in [5.74, 6) is -0.981. The zero-order valence-electron chi connectivity index (χ0n) is 17.5. The first-order chi connectivity index (χ1) is 14.1. The Morgan fingerprint density at radius 2 is 0.939 bits per heavy atom. The maximum Gasteiger partial charge on any atom is 4.00 e. The SMILES string of the molecule is NCCN.O=C([O-])NCCN1C(=O)CCC1=O.O=C([O-])NCCN1C(=O)CCC1=O.[Cl-].[Cl-].[Pt+4]. The van der Waals surface area contributed by atoms with Gasteiger partial charge < -0.3 is 66.7 Å². The van der Waals surface area contributed by atoms with Crippen molar-refractivity contribution in [3.63, 3.8) is 0 Å². The minimum Gasteiger partial charge on any atom is -1.00 e. The average Bonchev–Trinajstić information content (AvgIpc) is 3.18. The summed E-state index contributed by atoms with van der Waals surface area (Å²) in [5, 5.41) is 23.8. The molecule has 192 valence electrons. The van der Waals surface area contributed by atoms with Crippen molar-refractivity contribution in [1.29, 1.82) is 0 Å². The van der Waals surface area contributed by atoms with Gasteiger partial charge >= 0.3 is 21.1 Å². The Hall–Kier alpha value is -1.99. The van der Waals surface area contributed by atoms with Crippen LogP contribution in [0.1, 0.15) is 25.7 Å². The number of hydrogen-bond acceptors (Lipinski definition) is 10. The molecule has 0 aromatic carbocycles. The number of nitrogens with two attached hydrogens (primary N) is 2. The van der Waals surface area contributed by atoms with Crippen LogP contribution in [0.5, 0.6) is 0 Å². The summed E-state index contributed by atoms with van der Waals surface area (Å²) >= 11 is 0. The molecule has 14 nitrogen and oxygen atoms in total. The van der Waals surface area contributed by atoms with Crippen LogP contribution in [0.15, 0.2) is 0 Å². The van der Waals surface area contributed by atoms with Gasteiger partial charge in [0.2, 0.25) is 23.6 Å². The first-order valence-corrected chi connectivity index (χ1v) is 9.10. The average molecular weight is 696 g/mol. The summed E-state index contributed by atoms with van der Waals surface area (Å²) in [5.41, 5.74) is 9.81. The summed E-state index contributed by atoms with van der Waals surface area (Å²) in [6, 6.07) is 0. The Kier molecular flexibility index (Phi) is 25.3. The minimum absolute atomic E-state index is 0. The van der Waals surface area contributed by atoms with E-state index in [1.165, 1.54) is 0 Å². The van der Waals surface area contributed by atoms with E-state index in [9.17, 15) is 39.0 Å². The van der Waals surface area contributed by atoms with Crippen LogP contribution >= 0.6 is 0 Å². The van der Waals surface area contributed by atoms with Crippen LogP contribution < -0.4 is 57.1 Å². The monoisotopic (exact) mass is 695 g/mol. The Balaban J connectivity index is -0.000000203. The minimum atomic E-state index is -1.40. The van der Waals surface area contributed by atoms with Crippen molar-refractivity contribution >= 4 is 35.8 Å². The number of carbonyl (C=O) groups excluding carboxylic acids is 6. The normalized spacial score (nSPS) is 13.9. The zero-order chi connectivity index (χ0) is 23.1. The first kappa shape index (κ1) is 38.3. The molecule has 0 aromatic rings. The van der Waals surface area contributed by atoms with Gasteiger partial charge in [0.25, 0.3) is 0 Å². The summed E-state index contributed by atoms with van der Waals surface area (Å²) in [7, 11) is 0. The van der Waals surface area contributed by atoms with Crippen LogP contribution in [0.4, 0.5) is 9.59 Å². The second-order valence-corrected chi connectivity index (χ2v) is 5.88. The van der Waals surface area contributed by atoms with Crippen LogP contribution in [0.3, 0.4) is 0 Å². The van der Waals surface area contributed by atoms with Gasteiger partial charge in [-0.2, -0.15) is 0 Å². The molecule has 0 bridgehead atoms. The number of carbonyl (C=O) groups is 6. The molecule has 0 unspecified atom stereocenters. The summed E-state index contributed by atoms with van der Waals surface area (Å²) in [4.78, 5) is 65.9. The van der Waals surface area contributed by atoms with E-state index in [2.05, 4.69) is 0 Å². The van der Waals surface area contributed by atoms with Gasteiger partial charge in [-0.05, 0) is 0 Å². The van der Waals surface area contributed by atoms with E-state index in [1.54, 1.807) is 0 Å². The third kappa shape index (κ3) is 17.2. The van der Waals surface area contributed by atoms with Crippen LogP contribution in [0, 0.1) is 0 Å². The van der Waals surface area contributed by atoms with Gasteiger partial charge in [0, 0.05) is 65.0 Å². The van der Waals surface area contributed by atoms with Crippen molar-refractivity contribution in [2.75, 3.05) is 39.3 Å². The molecule has 0 atom stereocenters. The predicted octanol–water partition coefficient (Wildman–Crippen LogP) is -11.0. The molecule has 33 heavy (non-hydrogen) atoms. The van der Waals surface area contributed by atoms with Gasteiger partial charge in [0.15, 0.2) is 0 Å². The van der Waals surface area contributed by atoms with Gasteiger partial charge in [-0.1, -0.05) is 0 Å². The van der Waals surface area contributed by atoms with Gasteiger partial charge in [0.05, 0.1) is 0 Å². The summed E-state index contributed by atoms with van der Waals surface area (Å²) in [6.07, 6.45) is -1.90. The number of halogens is 2. The standard InChI is InChI=1S/2C7H10N2O4.C2H8N2.2ClH.Pt/c2*10-5-1-2-6(11)9(5)4-3-8-7(12)13;3-1-2-4;;;/h2*8H,1-4H2,(H,12,13);1-4H2;2*1H;/q;;;;;+4/p-4. The van der Waals surface area contributed by atoms with E-state index in [1.807, 2.05) is 10.6 Å². The molecule has 0 aliphatic carbocycles. The fraction of sp³-hybridized carbons (Fsp3) is 0.625. The molecule has 0 spiro atoms. The van der Waals surface area contributed by atoms with E-state index >= 15 is 0 Å². The molecule has 2 aliphatic heterocycles. The number of carboxylic acid groups (broad SMARTS) is 2. The van der Waals surface area contributed by atoms with E-state index in [0.29, 0.717) is 13.1 Å². The smallest absolute Gasteiger partial charge is 1.00 e. The van der Waals surface area contributed by atoms with Crippen molar-refractivity contribution in [1.82, 2.24) is 20.4 Å². The summed E-state index contributed by atoms with van der Waals surface area (Å²) < 4.78 is 0. The third-order valence-electron chi connectivity index (χ3n) is 3.69. The molecule has 2 saturated heterocycles. The Morgan fingerprint density at radius 3 is 1.12 bits per heavy atom. The molecule has 17 heteroatoms. The molecule has 2 aliphatic rings. The van der Waals surface area contributed by atoms with Crippen LogP contribution in [0.2, 0.25) is 0 Å².